The smallest absolute Gasteiger partial charge is 0.410 e. The van der Waals surface area contributed by atoms with E-state index in [0.29, 0.717) is 42.1 Å². The van der Waals surface area contributed by atoms with E-state index in [0.717, 1.165) is 22.5 Å². The van der Waals surface area contributed by atoms with Gasteiger partial charge in [0.2, 0.25) is 5.95 Å². The highest BCUT2D eigenvalue weighted by molar-refractivity contribution is 5.77. The van der Waals surface area contributed by atoms with Gasteiger partial charge in [-0.15, -0.1) is 0 Å². The van der Waals surface area contributed by atoms with Crippen molar-refractivity contribution in [2.75, 3.05) is 11.9 Å². The van der Waals surface area contributed by atoms with Gasteiger partial charge in [0.15, 0.2) is 5.65 Å². The highest BCUT2D eigenvalue weighted by Crippen LogP contribution is 2.26. The van der Waals surface area contributed by atoms with Crippen LogP contribution in [-0.4, -0.2) is 42.5 Å². The van der Waals surface area contributed by atoms with E-state index in [1.54, 1.807) is 44.7 Å². The largest absolute Gasteiger partial charge is 0.444 e. The minimum Gasteiger partial charge on any atom is -0.444 e. The van der Waals surface area contributed by atoms with Gasteiger partial charge in [-0.05, 0) is 88.6 Å². The third-order valence-electron chi connectivity index (χ3n) is 6.48. The second-order valence-corrected chi connectivity index (χ2v) is 10.9. The van der Waals surface area contributed by atoms with Crippen LogP contribution >= 0.6 is 0 Å². The predicted molar refractivity (Wildman–Crippen MR) is 148 cm³/mol. The number of carbonyl (C=O) groups is 1. The van der Waals surface area contributed by atoms with E-state index in [1.165, 1.54) is 0 Å². The van der Waals surface area contributed by atoms with Crippen LogP contribution in [-0.2, 0) is 17.7 Å². The Labute approximate surface area is 226 Å². The summed E-state index contributed by atoms with van der Waals surface area (Å²) in [5, 5.41) is 12.9. The van der Waals surface area contributed by atoms with Crippen LogP contribution in [0.3, 0.4) is 0 Å². The molecule has 1 amide bonds. The SMILES string of the molecule is CC(C)n1c(=O)c2cnc(Nc3ccc4c(c3)CCN(C(=O)OC(C)(C)C)C4)nc2n1-c1ccc(C#N)cc1. The van der Waals surface area contributed by atoms with Crippen molar-refractivity contribution in [3.05, 3.63) is 75.7 Å². The number of rotatable bonds is 4. The molecule has 5 rings (SSSR count). The number of amides is 1. The Balaban J connectivity index is 1.44. The van der Waals surface area contributed by atoms with Crippen molar-refractivity contribution >= 4 is 28.8 Å². The van der Waals surface area contributed by atoms with Gasteiger partial charge in [-0.2, -0.15) is 10.2 Å². The van der Waals surface area contributed by atoms with Crippen LogP contribution in [0, 0.1) is 11.3 Å². The van der Waals surface area contributed by atoms with Crippen LogP contribution in [0.25, 0.3) is 16.7 Å². The number of ether oxygens (including phenoxy) is 1. The number of fused-ring (bicyclic) bond motifs is 2. The Morgan fingerprint density at radius 1 is 1.13 bits per heavy atom. The van der Waals surface area contributed by atoms with Crippen LogP contribution < -0.4 is 10.9 Å². The van der Waals surface area contributed by atoms with Gasteiger partial charge in [0.25, 0.3) is 5.56 Å². The van der Waals surface area contributed by atoms with Gasteiger partial charge in [0, 0.05) is 31.0 Å². The van der Waals surface area contributed by atoms with Crippen molar-refractivity contribution in [2.45, 2.75) is 59.2 Å². The summed E-state index contributed by atoms with van der Waals surface area (Å²) in [6.45, 7) is 10.5. The van der Waals surface area contributed by atoms with E-state index in [2.05, 4.69) is 16.4 Å². The fourth-order valence-electron chi connectivity index (χ4n) is 4.69. The van der Waals surface area contributed by atoms with Gasteiger partial charge in [-0.1, -0.05) is 6.07 Å². The lowest BCUT2D eigenvalue weighted by Crippen LogP contribution is -2.39. The average molecular weight is 526 g/mol. The standard InChI is InChI=1S/C29H31N7O3/c1-18(2)35-26(37)24-16-31-27(33-25(24)36(35)23-10-6-19(15-30)7-11-23)32-22-9-8-21-17-34(13-12-20(21)14-22)28(38)39-29(3,4)5/h6-11,14,16,18H,12-13,17H2,1-5H3,(H,31,32,33). The number of benzene rings is 2. The molecule has 0 saturated carbocycles. The first kappa shape index (κ1) is 26.0. The van der Waals surface area contributed by atoms with Crippen molar-refractivity contribution in [1.82, 2.24) is 24.2 Å². The molecule has 0 spiro atoms. The van der Waals surface area contributed by atoms with E-state index in [9.17, 15) is 14.9 Å². The molecule has 0 bridgehead atoms. The molecule has 0 radical (unpaired) electrons. The zero-order valence-electron chi connectivity index (χ0n) is 22.7. The summed E-state index contributed by atoms with van der Waals surface area (Å²) in [5.74, 6) is 0.358. The Bertz CT molecular complexity index is 1650. The highest BCUT2D eigenvalue weighted by Gasteiger charge is 2.26. The molecular weight excluding hydrogens is 494 g/mol. The summed E-state index contributed by atoms with van der Waals surface area (Å²) in [6.07, 6.45) is 1.95. The second-order valence-electron chi connectivity index (χ2n) is 10.9. The maximum Gasteiger partial charge on any atom is 0.410 e. The van der Waals surface area contributed by atoms with Gasteiger partial charge in [0.1, 0.15) is 11.0 Å². The van der Waals surface area contributed by atoms with E-state index in [-0.39, 0.29) is 17.7 Å². The summed E-state index contributed by atoms with van der Waals surface area (Å²) < 4.78 is 8.94. The number of aromatic nitrogens is 4. The molecule has 39 heavy (non-hydrogen) atoms. The van der Waals surface area contributed by atoms with Crippen LogP contribution in [0.4, 0.5) is 16.4 Å². The minimum absolute atomic E-state index is 0.125. The molecule has 0 aliphatic carbocycles. The highest BCUT2D eigenvalue weighted by atomic mass is 16.6. The minimum atomic E-state index is -0.534. The number of hydrogen-bond acceptors (Lipinski definition) is 7. The fourth-order valence-corrected chi connectivity index (χ4v) is 4.69. The van der Waals surface area contributed by atoms with E-state index in [4.69, 9.17) is 9.72 Å². The van der Waals surface area contributed by atoms with Gasteiger partial charge in [0.05, 0.1) is 17.3 Å². The Kier molecular flexibility index (Phi) is 6.60. The lowest BCUT2D eigenvalue weighted by atomic mass is 9.99. The Morgan fingerprint density at radius 2 is 1.87 bits per heavy atom. The van der Waals surface area contributed by atoms with Gasteiger partial charge < -0.3 is 15.0 Å². The lowest BCUT2D eigenvalue weighted by Gasteiger charge is -2.31. The van der Waals surface area contributed by atoms with Crippen LogP contribution in [0.15, 0.2) is 53.5 Å². The molecule has 2 aromatic carbocycles. The van der Waals surface area contributed by atoms with Crippen LogP contribution in [0.2, 0.25) is 0 Å². The van der Waals surface area contributed by atoms with Gasteiger partial charge in [-0.3, -0.25) is 4.79 Å². The Hall–Kier alpha value is -4.65. The zero-order chi connectivity index (χ0) is 27.9. The number of nitrogens with one attached hydrogen (secondary N) is 1. The lowest BCUT2D eigenvalue weighted by molar-refractivity contribution is 0.0224. The molecule has 0 fully saturated rings. The molecule has 4 aromatic rings. The average Bonchev–Trinajstić information content (AvgIpc) is 3.19. The first-order valence-corrected chi connectivity index (χ1v) is 12.9. The predicted octanol–water partition coefficient (Wildman–Crippen LogP) is 5.07. The molecule has 200 valence electrons. The summed E-state index contributed by atoms with van der Waals surface area (Å²) in [4.78, 5) is 36.6. The molecule has 2 aromatic heterocycles. The number of nitriles is 1. The van der Waals surface area contributed by atoms with E-state index >= 15 is 0 Å². The summed E-state index contributed by atoms with van der Waals surface area (Å²) in [5.41, 5.74) is 4.04. The molecule has 1 aliphatic heterocycles. The number of carbonyl (C=O) groups excluding carboxylic acids is 1. The third-order valence-corrected chi connectivity index (χ3v) is 6.48. The second kappa shape index (κ2) is 9.91. The first-order valence-electron chi connectivity index (χ1n) is 12.9. The number of anilines is 2. The molecular formula is C29H31N7O3. The van der Waals surface area contributed by atoms with Crippen molar-refractivity contribution in [1.29, 1.82) is 5.26 Å². The Morgan fingerprint density at radius 3 is 2.54 bits per heavy atom. The number of nitrogens with zero attached hydrogens (tertiary/aromatic N) is 6. The normalized spacial score (nSPS) is 13.3. The van der Waals surface area contributed by atoms with Crippen molar-refractivity contribution < 1.29 is 9.53 Å². The molecule has 10 heteroatoms. The molecule has 1 N–H and O–H groups in total. The zero-order valence-corrected chi connectivity index (χ0v) is 22.7. The van der Waals surface area contributed by atoms with Crippen LogP contribution in [0.5, 0.6) is 0 Å². The monoisotopic (exact) mass is 525 g/mol. The molecule has 0 saturated heterocycles. The molecule has 0 atom stereocenters. The quantitative estimate of drug-likeness (QED) is 0.395. The van der Waals surface area contributed by atoms with Crippen LogP contribution in [0.1, 0.15) is 57.4 Å². The summed E-state index contributed by atoms with van der Waals surface area (Å²) in [7, 11) is 0. The topological polar surface area (TPSA) is 118 Å². The molecule has 3 heterocycles. The molecule has 10 nitrogen and oxygen atoms in total. The summed E-state index contributed by atoms with van der Waals surface area (Å²) in [6, 6.07) is 15.0. The van der Waals surface area contributed by atoms with Crippen molar-refractivity contribution in [2.24, 2.45) is 0 Å². The van der Waals surface area contributed by atoms with Gasteiger partial charge in [-0.25, -0.2) is 19.1 Å². The van der Waals surface area contributed by atoms with Crippen molar-refractivity contribution in [3.8, 4) is 11.8 Å². The van der Waals surface area contributed by atoms with Gasteiger partial charge >= 0.3 is 6.09 Å². The maximum absolute atomic E-state index is 13.2. The molecule has 1 aliphatic rings. The fraction of sp³-hybridized carbons (Fsp3) is 0.345. The van der Waals surface area contributed by atoms with E-state index < -0.39 is 5.60 Å². The van der Waals surface area contributed by atoms with Crippen molar-refractivity contribution in [3.63, 3.8) is 0 Å². The van der Waals surface area contributed by atoms with E-state index in [1.807, 2.05) is 52.8 Å². The number of hydrogen-bond donors (Lipinski definition) is 1. The maximum atomic E-state index is 13.2. The first-order chi connectivity index (χ1) is 18.5. The summed E-state index contributed by atoms with van der Waals surface area (Å²) >= 11 is 0. The third kappa shape index (κ3) is 5.21. The molecule has 0 unspecified atom stereocenters.